The first-order valence-electron chi connectivity index (χ1n) is 10.9. The van der Waals surface area contributed by atoms with Crippen molar-refractivity contribution in [3.05, 3.63) is 58.6 Å². The Morgan fingerprint density at radius 2 is 1.77 bits per heavy atom. The molecule has 0 unspecified atom stereocenters. The lowest BCUT2D eigenvalue weighted by molar-refractivity contribution is -0.117. The lowest BCUT2D eigenvalue weighted by atomic mass is 10.0. The fourth-order valence-corrected chi connectivity index (χ4v) is 3.77. The van der Waals surface area contributed by atoms with Gasteiger partial charge in [0.2, 0.25) is 5.91 Å². The number of carbonyl (C=O) groups excluding carboxylic acids is 2. The molecule has 1 saturated carbocycles. The van der Waals surface area contributed by atoms with E-state index in [1.54, 1.807) is 12.1 Å². The monoisotopic (exact) mass is 441 g/mol. The van der Waals surface area contributed by atoms with E-state index in [-0.39, 0.29) is 29.7 Å². The smallest absolute Gasteiger partial charge is 0.255 e. The van der Waals surface area contributed by atoms with Gasteiger partial charge in [0, 0.05) is 44.0 Å². The van der Waals surface area contributed by atoms with E-state index in [1.807, 2.05) is 54.2 Å². The van der Waals surface area contributed by atoms with Crippen molar-refractivity contribution in [3.63, 3.8) is 0 Å². The third-order valence-corrected chi connectivity index (χ3v) is 6.27. The number of benzene rings is 2. The van der Waals surface area contributed by atoms with Gasteiger partial charge >= 0.3 is 0 Å². The predicted octanol–water partition coefficient (Wildman–Crippen LogP) is 5.44. The number of halogens is 1. The second kappa shape index (κ2) is 9.73. The molecule has 0 aromatic heterocycles. The molecule has 3 rings (SSSR count). The first-order valence-corrected chi connectivity index (χ1v) is 11.2. The van der Waals surface area contributed by atoms with Crippen LogP contribution < -0.4 is 10.2 Å². The number of nitrogens with one attached hydrogen (secondary N) is 1. The maximum Gasteiger partial charge on any atom is 0.255 e. The zero-order valence-electron chi connectivity index (χ0n) is 19.0. The molecule has 166 valence electrons. The van der Waals surface area contributed by atoms with E-state index in [2.05, 4.69) is 26.1 Å². The van der Waals surface area contributed by atoms with Crippen LogP contribution in [0.15, 0.2) is 42.5 Å². The van der Waals surface area contributed by atoms with Crippen LogP contribution in [0.2, 0.25) is 5.02 Å². The molecule has 1 fully saturated rings. The molecule has 5 nitrogen and oxygen atoms in total. The van der Waals surface area contributed by atoms with Gasteiger partial charge in [0.1, 0.15) is 0 Å². The summed E-state index contributed by atoms with van der Waals surface area (Å²) >= 11 is 6.35. The molecule has 0 heterocycles. The molecule has 2 amide bonds. The minimum Gasteiger partial charge on any atom is -0.377 e. The summed E-state index contributed by atoms with van der Waals surface area (Å²) in [6, 6.07) is 13.1. The van der Waals surface area contributed by atoms with Crippen LogP contribution in [-0.4, -0.2) is 36.9 Å². The number of anilines is 2. The minimum atomic E-state index is -0.0936. The number of nitrogens with zero attached hydrogens (tertiary/aromatic N) is 2. The zero-order valence-corrected chi connectivity index (χ0v) is 19.7. The highest BCUT2D eigenvalue weighted by Crippen LogP contribution is 2.32. The third kappa shape index (κ3) is 5.59. The highest BCUT2D eigenvalue weighted by molar-refractivity contribution is 6.33. The van der Waals surface area contributed by atoms with Crippen LogP contribution in [0.3, 0.4) is 0 Å². The number of carbonyl (C=O) groups is 2. The Labute approximate surface area is 190 Å². The van der Waals surface area contributed by atoms with E-state index in [1.165, 1.54) is 0 Å². The summed E-state index contributed by atoms with van der Waals surface area (Å²) < 4.78 is 0. The number of rotatable bonds is 8. The Morgan fingerprint density at radius 3 is 2.35 bits per heavy atom. The average Bonchev–Trinajstić information content (AvgIpc) is 3.56. The van der Waals surface area contributed by atoms with Crippen molar-refractivity contribution in [1.29, 1.82) is 0 Å². The largest absolute Gasteiger partial charge is 0.377 e. The molecule has 6 heteroatoms. The van der Waals surface area contributed by atoms with Crippen molar-refractivity contribution < 1.29 is 9.59 Å². The van der Waals surface area contributed by atoms with Gasteiger partial charge < -0.3 is 15.1 Å². The molecule has 1 aliphatic rings. The van der Waals surface area contributed by atoms with Crippen LogP contribution in [0.5, 0.6) is 0 Å². The van der Waals surface area contributed by atoms with E-state index >= 15 is 0 Å². The first kappa shape index (κ1) is 23.1. The van der Waals surface area contributed by atoms with Crippen LogP contribution in [0.25, 0.3) is 0 Å². The van der Waals surface area contributed by atoms with E-state index in [4.69, 9.17) is 11.6 Å². The van der Waals surface area contributed by atoms with E-state index in [0.717, 1.165) is 29.8 Å². The van der Waals surface area contributed by atoms with Gasteiger partial charge in [0.25, 0.3) is 5.91 Å². The van der Waals surface area contributed by atoms with Gasteiger partial charge in [-0.1, -0.05) is 37.6 Å². The molecular weight excluding hydrogens is 410 g/mol. The van der Waals surface area contributed by atoms with E-state index < -0.39 is 0 Å². The summed E-state index contributed by atoms with van der Waals surface area (Å²) in [5, 5.41) is 3.47. The minimum absolute atomic E-state index is 0.00324. The standard InChI is InChI=1S/C25H32ClN3O2/c1-16(2)17(3)29(25(31)21-8-6-7-9-22(21)26)15-19-14-20(12-13-23(19)28(4)5)27-24(30)18-10-11-18/h6-9,12-14,16-18H,10-11,15H2,1-5H3,(H,27,30)/t17-/m1/s1. The van der Waals surface area contributed by atoms with Crippen molar-refractivity contribution in [2.75, 3.05) is 24.3 Å². The number of hydrogen-bond acceptors (Lipinski definition) is 3. The summed E-state index contributed by atoms with van der Waals surface area (Å²) in [6.45, 7) is 6.70. The zero-order chi connectivity index (χ0) is 22.7. The molecule has 2 aromatic rings. The van der Waals surface area contributed by atoms with Crippen molar-refractivity contribution in [3.8, 4) is 0 Å². The van der Waals surface area contributed by atoms with Crippen molar-refractivity contribution in [1.82, 2.24) is 4.90 Å². The highest BCUT2D eigenvalue weighted by Gasteiger charge is 2.30. The Balaban J connectivity index is 1.95. The van der Waals surface area contributed by atoms with Gasteiger partial charge in [-0.15, -0.1) is 0 Å². The quantitative estimate of drug-likeness (QED) is 0.593. The van der Waals surface area contributed by atoms with Crippen molar-refractivity contribution >= 4 is 34.8 Å². The predicted molar refractivity (Wildman–Crippen MR) is 128 cm³/mol. The van der Waals surface area contributed by atoms with Gasteiger partial charge in [-0.25, -0.2) is 0 Å². The third-order valence-electron chi connectivity index (χ3n) is 5.94. The molecule has 0 aliphatic heterocycles. The maximum absolute atomic E-state index is 13.5. The maximum atomic E-state index is 13.5. The van der Waals surface area contributed by atoms with E-state index in [9.17, 15) is 9.59 Å². The molecule has 0 bridgehead atoms. The Morgan fingerprint density at radius 1 is 1.10 bits per heavy atom. The second-order valence-electron chi connectivity index (χ2n) is 8.90. The van der Waals surface area contributed by atoms with Gasteiger partial charge in [0.15, 0.2) is 0 Å². The summed E-state index contributed by atoms with van der Waals surface area (Å²) in [7, 11) is 3.96. The lowest BCUT2D eigenvalue weighted by Gasteiger charge is -2.33. The molecule has 0 spiro atoms. The second-order valence-corrected chi connectivity index (χ2v) is 9.31. The Bertz CT molecular complexity index is 954. The fourth-order valence-electron chi connectivity index (χ4n) is 3.55. The van der Waals surface area contributed by atoms with Crippen molar-refractivity contribution in [2.24, 2.45) is 11.8 Å². The molecule has 0 radical (unpaired) electrons. The molecule has 0 saturated heterocycles. The number of amides is 2. The Kier molecular flexibility index (Phi) is 7.26. The van der Waals surface area contributed by atoms with Gasteiger partial charge in [-0.05, 0) is 61.6 Å². The average molecular weight is 442 g/mol. The van der Waals surface area contributed by atoms with Crippen LogP contribution in [0.4, 0.5) is 11.4 Å². The van der Waals surface area contributed by atoms with Gasteiger partial charge in [-0.3, -0.25) is 9.59 Å². The first-order chi connectivity index (χ1) is 14.7. The highest BCUT2D eigenvalue weighted by atomic mass is 35.5. The molecule has 31 heavy (non-hydrogen) atoms. The molecule has 1 aliphatic carbocycles. The SMILES string of the molecule is CC(C)[C@@H](C)N(Cc1cc(NC(=O)C2CC2)ccc1N(C)C)C(=O)c1ccccc1Cl. The molecule has 2 aromatic carbocycles. The molecule has 1 atom stereocenters. The summed E-state index contributed by atoms with van der Waals surface area (Å²) in [5.74, 6) is 0.384. The van der Waals surface area contributed by atoms with Crippen LogP contribution >= 0.6 is 11.6 Å². The summed E-state index contributed by atoms with van der Waals surface area (Å²) in [4.78, 5) is 29.7. The summed E-state index contributed by atoms with van der Waals surface area (Å²) in [6.07, 6.45) is 1.92. The number of hydrogen-bond donors (Lipinski definition) is 1. The van der Waals surface area contributed by atoms with Crippen LogP contribution in [-0.2, 0) is 11.3 Å². The Hall–Kier alpha value is -2.53. The summed E-state index contributed by atoms with van der Waals surface area (Å²) in [5.41, 5.74) is 3.25. The van der Waals surface area contributed by atoms with Crippen LogP contribution in [0, 0.1) is 11.8 Å². The normalized spacial score (nSPS) is 14.3. The molecular formula is C25H32ClN3O2. The topological polar surface area (TPSA) is 52.7 Å². The lowest BCUT2D eigenvalue weighted by Crippen LogP contribution is -2.41. The van der Waals surface area contributed by atoms with Gasteiger partial charge in [-0.2, -0.15) is 0 Å². The fraction of sp³-hybridized carbons (Fsp3) is 0.440. The van der Waals surface area contributed by atoms with E-state index in [0.29, 0.717) is 17.1 Å². The van der Waals surface area contributed by atoms with Crippen LogP contribution in [0.1, 0.15) is 49.5 Å². The van der Waals surface area contributed by atoms with Crippen molar-refractivity contribution in [2.45, 2.75) is 46.2 Å². The molecule has 1 N–H and O–H groups in total. The van der Waals surface area contributed by atoms with Gasteiger partial charge in [0.05, 0.1) is 10.6 Å².